The lowest BCUT2D eigenvalue weighted by molar-refractivity contribution is 0.134. The third-order valence-electron chi connectivity index (χ3n) is 6.96. The number of hydrogen-bond donors (Lipinski definition) is 2. The third-order valence-corrected chi connectivity index (χ3v) is 6.96. The Labute approximate surface area is 334 Å². The van der Waals surface area contributed by atoms with Crippen molar-refractivity contribution in [2.45, 2.75) is 108 Å². The van der Waals surface area contributed by atoms with Crippen LogP contribution in [0.25, 0.3) is 0 Å². The molecule has 0 aliphatic carbocycles. The van der Waals surface area contributed by atoms with Gasteiger partial charge in [-0.25, -0.2) is 9.97 Å². The van der Waals surface area contributed by atoms with Crippen LogP contribution >= 0.6 is 0 Å². The molecule has 6 rings (SSSR count). The number of anilines is 4. The topological polar surface area (TPSA) is 129 Å². The van der Waals surface area contributed by atoms with Gasteiger partial charge in [0.05, 0.1) is 25.3 Å². The fraction of sp³-hybridized carbons (Fsp3) is 0.524. The van der Waals surface area contributed by atoms with E-state index in [1.807, 2.05) is 132 Å². The van der Waals surface area contributed by atoms with Gasteiger partial charge < -0.3 is 30.7 Å². The molecule has 298 valence electrons. The van der Waals surface area contributed by atoms with Crippen molar-refractivity contribution in [3.05, 3.63) is 96.3 Å². The zero-order chi connectivity index (χ0) is 39.6. The van der Waals surface area contributed by atoms with Gasteiger partial charge in [0.1, 0.15) is 11.6 Å². The highest BCUT2D eigenvalue weighted by molar-refractivity contribution is 5.76. The first-order chi connectivity index (χ1) is 25.7. The van der Waals surface area contributed by atoms with Crippen LogP contribution < -0.4 is 21.3 Å². The van der Waals surface area contributed by atoms with Gasteiger partial charge in [0.15, 0.2) is 0 Å². The molecule has 0 spiro atoms. The molecule has 6 radical (unpaired) electrons. The first-order valence-electron chi connectivity index (χ1n) is 19.6. The van der Waals surface area contributed by atoms with Crippen molar-refractivity contribution >= 4 is 40.4 Å². The standard InChI is InChI=1S/2C15H18N4O.6C2H6.2B/c2*16-15-17-8-7-14(18-15)19-9-4-10-20-11-13(19)12-5-2-1-3-6-12;6*1-2;;/h2*1-3,5-8,13H,4,9-11H2,(H2,16,17,18);6*1-2H3;;/t2*13-;;;;;;;;/m10......../s1. The molecule has 0 saturated carbocycles. The molecule has 2 aromatic carbocycles. The molecule has 2 aliphatic rings. The van der Waals surface area contributed by atoms with Crippen LogP contribution in [-0.2, 0) is 9.47 Å². The molecule has 2 aromatic heterocycles. The number of benzene rings is 2. The minimum Gasteiger partial charge on any atom is -0.379 e. The van der Waals surface area contributed by atoms with E-state index in [1.165, 1.54) is 11.1 Å². The molecule has 0 bridgehead atoms. The third kappa shape index (κ3) is 20.3. The Morgan fingerprint density at radius 2 is 0.815 bits per heavy atom. The van der Waals surface area contributed by atoms with Gasteiger partial charge in [0.25, 0.3) is 0 Å². The van der Waals surface area contributed by atoms with E-state index in [4.69, 9.17) is 20.9 Å². The number of nitrogens with two attached hydrogens (primary N) is 2. The van der Waals surface area contributed by atoms with E-state index in [0.717, 1.165) is 50.8 Å². The zero-order valence-corrected chi connectivity index (χ0v) is 35.7. The molecule has 2 aliphatic heterocycles. The Balaban J connectivity index is -0.000000352. The van der Waals surface area contributed by atoms with Gasteiger partial charge in [-0.1, -0.05) is 144 Å². The van der Waals surface area contributed by atoms with Crippen LogP contribution in [0.1, 0.15) is 119 Å². The number of aromatic nitrogens is 4. The van der Waals surface area contributed by atoms with Crippen LogP contribution in [0.4, 0.5) is 23.5 Å². The van der Waals surface area contributed by atoms with E-state index < -0.39 is 0 Å². The minimum atomic E-state index is 0. The van der Waals surface area contributed by atoms with Crippen molar-refractivity contribution in [3.63, 3.8) is 0 Å². The average Bonchev–Trinajstić information content (AvgIpc) is 3.65. The van der Waals surface area contributed by atoms with Crippen LogP contribution in [0, 0.1) is 0 Å². The maximum Gasteiger partial charge on any atom is 0.221 e. The fourth-order valence-corrected chi connectivity index (χ4v) is 5.05. The van der Waals surface area contributed by atoms with Crippen molar-refractivity contribution in [3.8, 4) is 0 Å². The molecule has 2 saturated heterocycles. The quantitative estimate of drug-likeness (QED) is 0.195. The summed E-state index contributed by atoms with van der Waals surface area (Å²) in [5.74, 6) is 2.33. The number of rotatable bonds is 4. The predicted octanol–water partition coefficient (Wildman–Crippen LogP) is 9.45. The zero-order valence-electron chi connectivity index (χ0n) is 35.7. The second-order valence-electron chi connectivity index (χ2n) is 9.64. The Morgan fingerprint density at radius 3 is 1.11 bits per heavy atom. The van der Waals surface area contributed by atoms with Gasteiger partial charge in [0, 0.05) is 55.5 Å². The molecule has 4 N–H and O–H groups in total. The highest BCUT2D eigenvalue weighted by Crippen LogP contribution is 2.29. The Kier molecular flexibility index (Phi) is 40.4. The van der Waals surface area contributed by atoms with Crippen molar-refractivity contribution in [1.29, 1.82) is 0 Å². The monoisotopic (exact) mass is 743 g/mol. The van der Waals surface area contributed by atoms with Crippen molar-refractivity contribution < 1.29 is 9.47 Å². The van der Waals surface area contributed by atoms with Crippen LogP contribution in [0.5, 0.6) is 0 Å². The minimum absolute atomic E-state index is 0. The van der Waals surface area contributed by atoms with Gasteiger partial charge in [-0.05, 0) is 36.1 Å². The van der Waals surface area contributed by atoms with Crippen molar-refractivity contribution in [2.75, 3.05) is 60.8 Å². The lowest BCUT2D eigenvalue weighted by Gasteiger charge is -2.30. The summed E-state index contributed by atoms with van der Waals surface area (Å²) >= 11 is 0. The Bertz CT molecular complexity index is 1240. The highest BCUT2D eigenvalue weighted by atomic mass is 16.5. The van der Waals surface area contributed by atoms with Crippen LogP contribution in [0.15, 0.2) is 85.2 Å². The molecular weight excluding hydrogens is 670 g/mol. The second kappa shape index (κ2) is 38.6. The molecule has 12 heteroatoms. The summed E-state index contributed by atoms with van der Waals surface area (Å²) in [6.45, 7) is 28.7. The molecule has 2 fully saturated rings. The van der Waals surface area contributed by atoms with Crippen LogP contribution in [-0.4, -0.2) is 76.3 Å². The predicted molar refractivity (Wildman–Crippen MR) is 236 cm³/mol. The molecule has 10 nitrogen and oxygen atoms in total. The number of nitrogen functional groups attached to an aromatic ring is 2. The maximum atomic E-state index is 5.73. The average molecular weight is 743 g/mol. The number of ether oxygens (including phenoxy) is 2. The van der Waals surface area contributed by atoms with Gasteiger partial charge in [-0.3, -0.25) is 0 Å². The second-order valence-corrected chi connectivity index (χ2v) is 9.64. The molecule has 0 amide bonds. The molecule has 4 heterocycles. The number of nitrogens with zero attached hydrogens (tertiary/aromatic N) is 6. The van der Waals surface area contributed by atoms with Crippen molar-refractivity contribution in [2.24, 2.45) is 0 Å². The summed E-state index contributed by atoms with van der Waals surface area (Å²) in [5.41, 5.74) is 13.9. The first-order valence-corrected chi connectivity index (χ1v) is 19.6. The summed E-state index contributed by atoms with van der Waals surface area (Å²) in [6.07, 6.45) is 5.36. The lowest BCUT2D eigenvalue weighted by atomic mass is 10.1. The van der Waals surface area contributed by atoms with Crippen molar-refractivity contribution in [1.82, 2.24) is 19.9 Å². The summed E-state index contributed by atoms with van der Waals surface area (Å²) < 4.78 is 11.5. The van der Waals surface area contributed by atoms with E-state index >= 15 is 0 Å². The van der Waals surface area contributed by atoms with Gasteiger partial charge >= 0.3 is 0 Å². The summed E-state index contributed by atoms with van der Waals surface area (Å²) in [7, 11) is 0. The molecule has 2 atom stereocenters. The fourth-order valence-electron chi connectivity index (χ4n) is 5.05. The largest absolute Gasteiger partial charge is 0.379 e. The Morgan fingerprint density at radius 1 is 0.500 bits per heavy atom. The van der Waals surface area contributed by atoms with Gasteiger partial charge in [-0.2, -0.15) is 9.97 Å². The Hall–Kier alpha value is -4.15. The van der Waals surface area contributed by atoms with E-state index in [-0.39, 0.29) is 28.9 Å². The van der Waals surface area contributed by atoms with Gasteiger partial charge in [-0.15, -0.1) is 0 Å². The maximum absolute atomic E-state index is 5.73. The summed E-state index contributed by atoms with van der Waals surface area (Å²) in [5, 5.41) is 0. The molecular formula is C42H72B2N8O2. The molecule has 4 aromatic rings. The van der Waals surface area contributed by atoms with E-state index in [1.54, 1.807) is 12.4 Å². The van der Waals surface area contributed by atoms with Gasteiger partial charge in [0.2, 0.25) is 11.9 Å². The first kappa shape index (κ1) is 56.6. The van der Waals surface area contributed by atoms with E-state index in [9.17, 15) is 0 Å². The molecule has 54 heavy (non-hydrogen) atoms. The summed E-state index contributed by atoms with van der Waals surface area (Å²) in [6, 6.07) is 24.8. The van der Waals surface area contributed by atoms with Crippen LogP contribution in [0.3, 0.4) is 0 Å². The number of hydrogen-bond acceptors (Lipinski definition) is 10. The van der Waals surface area contributed by atoms with Crippen LogP contribution in [0.2, 0.25) is 0 Å². The van der Waals surface area contributed by atoms with E-state index in [2.05, 4.69) is 54.0 Å². The van der Waals surface area contributed by atoms with E-state index in [0.29, 0.717) is 25.1 Å². The highest BCUT2D eigenvalue weighted by Gasteiger charge is 2.25. The lowest BCUT2D eigenvalue weighted by Crippen LogP contribution is -2.31. The normalized spacial score (nSPS) is 15.2. The summed E-state index contributed by atoms with van der Waals surface area (Å²) in [4.78, 5) is 21.1. The smallest absolute Gasteiger partial charge is 0.221 e. The SMILES string of the molecule is CC.CC.CC.CC.CC.CC.Nc1nccc(N2CCCOC[C@@H]2c2ccccc2)n1.Nc1nccc(N2CCCOC[C@H]2c2ccccc2)n1.[B].[B]. The molecule has 0 unspecified atom stereocenters.